The first-order valence-electron chi connectivity index (χ1n) is 3.91. The van der Waals surface area contributed by atoms with Crippen molar-refractivity contribution < 1.29 is 19.4 Å². The summed E-state index contributed by atoms with van der Waals surface area (Å²) in [4.78, 5) is 21.7. The first-order chi connectivity index (χ1) is 5.78. The minimum atomic E-state index is -1.29. The van der Waals surface area contributed by atoms with Gasteiger partial charge < -0.3 is 9.84 Å². The number of aliphatic carboxylic acids is 1. The zero-order valence-electron chi connectivity index (χ0n) is 8.25. The molecule has 0 aliphatic heterocycles. The summed E-state index contributed by atoms with van der Waals surface area (Å²) in [5.41, 5.74) is -0.665. The van der Waals surface area contributed by atoms with E-state index in [4.69, 9.17) is 9.84 Å². The monoisotopic (exact) mass is 189 g/mol. The van der Waals surface area contributed by atoms with E-state index in [0.29, 0.717) is 0 Å². The van der Waals surface area contributed by atoms with Crippen molar-refractivity contribution in [3.8, 4) is 0 Å². The molecule has 5 heteroatoms. The van der Waals surface area contributed by atoms with E-state index in [-0.39, 0.29) is 0 Å². The Morgan fingerprint density at radius 2 is 1.85 bits per heavy atom. The number of carbonyl (C=O) groups is 2. The van der Waals surface area contributed by atoms with Crippen LogP contribution in [-0.2, 0) is 14.3 Å². The lowest BCUT2D eigenvalue weighted by atomic mass is 10.2. The predicted octanol–water partition coefficient (Wildman–Crippen LogP) is 0.000700. The molecule has 0 heterocycles. The molecule has 0 saturated heterocycles. The summed E-state index contributed by atoms with van der Waals surface area (Å²) in [6, 6.07) is -1.29. The Balaban J connectivity index is 4.32. The number of carboxylic acids is 1. The first-order valence-corrected chi connectivity index (χ1v) is 3.91. The second-order valence-electron chi connectivity index (χ2n) is 3.59. The van der Waals surface area contributed by atoms with Gasteiger partial charge in [0.15, 0.2) is 0 Å². The maximum absolute atomic E-state index is 11.2. The normalized spacial score (nSPS) is 13.5. The molecule has 0 amide bonds. The molecule has 0 aliphatic rings. The highest BCUT2D eigenvalue weighted by atomic mass is 16.6. The molecule has 13 heavy (non-hydrogen) atoms. The summed E-state index contributed by atoms with van der Waals surface area (Å²) in [6.07, 6.45) is 0. The Morgan fingerprint density at radius 1 is 1.38 bits per heavy atom. The van der Waals surface area contributed by atoms with Crippen LogP contribution in [0.15, 0.2) is 0 Å². The number of esters is 1. The van der Waals surface area contributed by atoms with Gasteiger partial charge in [0.2, 0.25) is 6.04 Å². The van der Waals surface area contributed by atoms with E-state index >= 15 is 0 Å². The molecule has 0 rings (SSSR count). The minimum absolute atomic E-state index is 0.665. The lowest BCUT2D eigenvalue weighted by Crippen LogP contribution is -2.44. The molecule has 0 aliphatic carbocycles. The van der Waals surface area contributed by atoms with Gasteiger partial charge in [-0.2, -0.15) is 0 Å². The summed E-state index contributed by atoms with van der Waals surface area (Å²) in [5.74, 6) is -2.01. The van der Waals surface area contributed by atoms with Crippen molar-refractivity contribution in [3.63, 3.8) is 0 Å². The van der Waals surface area contributed by atoms with Crippen molar-refractivity contribution in [2.75, 3.05) is 7.05 Å². The van der Waals surface area contributed by atoms with Crippen LogP contribution in [-0.4, -0.2) is 35.7 Å². The Labute approximate surface area is 77.1 Å². The lowest BCUT2D eigenvalue weighted by molar-refractivity contribution is -0.163. The molecule has 0 aromatic carbocycles. The molecule has 0 spiro atoms. The molecule has 5 nitrogen and oxygen atoms in total. The Kier molecular flexibility index (Phi) is 3.87. The van der Waals surface area contributed by atoms with Crippen molar-refractivity contribution in [1.82, 2.24) is 5.32 Å². The molecule has 0 saturated carbocycles. The zero-order valence-corrected chi connectivity index (χ0v) is 8.25. The summed E-state index contributed by atoms with van der Waals surface area (Å²) >= 11 is 0. The van der Waals surface area contributed by atoms with Gasteiger partial charge in [0, 0.05) is 0 Å². The maximum Gasteiger partial charge on any atom is 0.335 e. The van der Waals surface area contributed by atoms with Crippen molar-refractivity contribution in [2.45, 2.75) is 32.4 Å². The second kappa shape index (κ2) is 4.23. The SMILES string of the molecule is CNC(C(=O)O)C(=O)OC(C)(C)C. The number of rotatable bonds is 3. The highest BCUT2D eigenvalue weighted by Gasteiger charge is 2.29. The van der Waals surface area contributed by atoms with E-state index in [1.165, 1.54) is 7.05 Å². The summed E-state index contributed by atoms with van der Waals surface area (Å²) in [7, 11) is 1.39. The highest BCUT2D eigenvalue weighted by molar-refractivity contribution is 5.98. The van der Waals surface area contributed by atoms with E-state index < -0.39 is 23.6 Å². The average molecular weight is 189 g/mol. The molecular formula is C8H15NO4. The van der Waals surface area contributed by atoms with Crippen LogP contribution in [0.2, 0.25) is 0 Å². The Morgan fingerprint density at radius 3 is 2.08 bits per heavy atom. The van der Waals surface area contributed by atoms with Crippen molar-refractivity contribution in [2.24, 2.45) is 0 Å². The van der Waals surface area contributed by atoms with Crippen LogP contribution < -0.4 is 5.32 Å². The topological polar surface area (TPSA) is 75.6 Å². The smallest absolute Gasteiger partial charge is 0.335 e. The third-order valence-electron chi connectivity index (χ3n) is 1.18. The van der Waals surface area contributed by atoms with Crippen LogP contribution in [0.1, 0.15) is 20.8 Å². The third kappa shape index (κ3) is 4.47. The fourth-order valence-corrected chi connectivity index (χ4v) is 0.703. The lowest BCUT2D eigenvalue weighted by Gasteiger charge is -2.21. The number of hydrogen-bond donors (Lipinski definition) is 2. The Bertz CT molecular complexity index is 207. The van der Waals surface area contributed by atoms with Crippen molar-refractivity contribution in [1.29, 1.82) is 0 Å². The number of carboxylic acid groups (broad SMARTS) is 1. The average Bonchev–Trinajstić information content (AvgIpc) is 1.82. The summed E-state index contributed by atoms with van der Waals surface area (Å²) < 4.78 is 4.87. The van der Waals surface area contributed by atoms with E-state index in [2.05, 4.69) is 5.32 Å². The predicted molar refractivity (Wildman–Crippen MR) is 46.3 cm³/mol. The van der Waals surface area contributed by atoms with Crippen LogP contribution in [0.3, 0.4) is 0 Å². The molecule has 0 aromatic heterocycles. The first kappa shape index (κ1) is 11.9. The van der Waals surface area contributed by atoms with E-state index in [1.54, 1.807) is 20.8 Å². The number of nitrogens with one attached hydrogen (secondary N) is 1. The Hall–Kier alpha value is -1.10. The molecular weight excluding hydrogens is 174 g/mol. The van der Waals surface area contributed by atoms with E-state index in [1.807, 2.05) is 0 Å². The van der Waals surface area contributed by atoms with Gasteiger partial charge >= 0.3 is 11.9 Å². The molecule has 1 unspecified atom stereocenters. The van der Waals surface area contributed by atoms with Gasteiger partial charge in [-0.25, -0.2) is 9.59 Å². The van der Waals surface area contributed by atoms with Crippen molar-refractivity contribution in [3.05, 3.63) is 0 Å². The maximum atomic E-state index is 11.2. The van der Waals surface area contributed by atoms with Gasteiger partial charge in [0.1, 0.15) is 5.60 Å². The third-order valence-corrected chi connectivity index (χ3v) is 1.18. The quantitative estimate of drug-likeness (QED) is 0.483. The van der Waals surface area contributed by atoms with Crippen LogP contribution in [0, 0.1) is 0 Å². The second-order valence-corrected chi connectivity index (χ2v) is 3.59. The van der Waals surface area contributed by atoms with Gasteiger partial charge in [-0.15, -0.1) is 0 Å². The summed E-state index contributed by atoms with van der Waals surface area (Å²) in [6.45, 7) is 5.04. The van der Waals surface area contributed by atoms with Gasteiger partial charge in [-0.05, 0) is 27.8 Å². The molecule has 0 radical (unpaired) electrons. The van der Waals surface area contributed by atoms with Gasteiger partial charge in [0.25, 0.3) is 0 Å². The minimum Gasteiger partial charge on any atom is -0.480 e. The molecule has 1 atom stereocenters. The molecule has 0 fully saturated rings. The number of ether oxygens (including phenoxy) is 1. The van der Waals surface area contributed by atoms with Gasteiger partial charge in [-0.1, -0.05) is 0 Å². The molecule has 0 bridgehead atoms. The number of likely N-dealkylation sites (N-methyl/N-ethyl adjacent to an activating group) is 1. The van der Waals surface area contributed by atoms with Crippen LogP contribution in [0.25, 0.3) is 0 Å². The number of hydrogen-bond acceptors (Lipinski definition) is 4. The van der Waals surface area contributed by atoms with Gasteiger partial charge in [0.05, 0.1) is 0 Å². The standard InChI is InChI=1S/C8H15NO4/c1-8(2,3)13-7(12)5(9-4)6(10)11/h5,9H,1-4H3,(H,10,11). The van der Waals surface area contributed by atoms with Crippen LogP contribution in [0.5, 0.6) is 0 Å². The zero-order chi connectivity index (χ0) is 10.6. The fourth-order valence-electron chi connectivity index (χ4n) is 0.703. The van der Waals surface area contributed by atoms with Gasteiger partial charge in [-0.3, -0.25) is 5.32 Å². The molecule has 0 aromatic rings. The van der Waals surface area contributed by atoms with E-state index in [0.717, 1.165) is 0 Å². The fraction of sp³-hybridized carbons (Fsp3) is 0.750. The number of carbonyl (C=O) groups excluding carboxylic acids is 1. The molecule has 76 valence electrons. The van der Waals surface area contributed by atoms with E-state index in [9.17, 15) is 9.59 Å². The van der Waals surface area contributed by atoms with Crippen molar-refractivity contribution >= 4 is 11.9 Å². The van der Waals surface area contributed by atoms with Crippen LogP contribution >= 0.6 is 0 Å². The highest BCUT2D eigenvalue weighted by Crippen LogP contribution is 2.08. The largest absolute Gasteiger partial charge is 0.480 e. The summed E-state index contributed by atoms with van der Waals surface area (Å²) in [5, 5.41) is 10.9. The van der Waals surface area contributed by atoms with Crippen LogP contribution in [0.4, 0.5) is 0 Å². The molecule has 2 N–H and O–H groups in total.